The maximum Gasteiger partial charge on any atom is 0.169 e. The molecule has 0 saturated heterocycles. The van der Waals surface area contributed by atoms with Gasteiger partial charge in [-0.2, -0.15) is 0 Å². The van der Waals surface area contributed by atoms with Crippen molar-refractivity contribution >= 4 is 19.8 Å². The minimum atomic E-state index is -1.60. The Morgan fingerprint density at radius 3 is 1.65 bits per heavy atom. The van der Waals surface area contributed by atoms with Crippen LogP contribution >= 0.6 is 11.6 Å². The zero-order valence-electron chi connectivity index (χ0n) is 12.2. The topological polar surface area (TPSA) is 4.93 Å². The number of hydrogen-bond donors (Lipinski definition) is 0. The molecule has 0 bridgehead atoms. The number of rotatable bonds is 4. The predicted molar refractivity (Wildman–Crippen MR) is 80.6 cm³/mol. The number of halogens is 1. The summed E-state index contributed by atoms with van der Waals surface area (Å²) in [6.45, 7) is 16.4. The van der Waals surface area contributed by atoms with E-state index < -0.39 is 8.24 Å². The quantitative estimate of drug-likeness (QED) is 0.640. The van der Waals surface area contributed by atoms with Gasteiger partial charge in [0.1, 0.15) is 0 Å². The van der Waals surface area contributed by atoms with Crippen molar-refractivity contribution in [2.24, 2.45) is 0 Å². The average molecular weight is 272 g/mol. The van der Waals surface area contributed by atoms with Crippen LogP contribution in [0.25, 0.3) is 0 Å². The molecule has 0 saturated carbocycles. The Hall–Kier alpha value is -0.213. The summed E-state index contributed by atoms with van der Waals surface area (Å²) in [5.74, 6) is 0. The molecule has 1 aromatic rings. The maximum absolute atomic E-state index is 6.19. The number of aryl methyl sites for hydroxylation is 1. The highest BCUT2D eigenvalue weighted by molar-refractivity contribution is 6.82. The van der Waals surface area contributed by atoms with Gasteiger partial charge in [-0.15, -0.1) is 0 Å². The molecule has 1 rings (SSSR count). The van der Waals surface area contributed by atoms with Gasteiger partial charge in [0.05, 0.1) is 5.02 Å². The van der Waals surface area contributed by atoms with Crippen molar-refractivity contribution in [3.8, 4) is 0 Å². The molecular formula is C14H26ClNSi. The van der Waals surface area contributed by atoms with Gasteiger partial charge in [-0.1, -0.05) is 53.1 Å². The van der Waals surface area contributed by atoms with E-state index in [2.05, 4.69) is 65.0 Å². The molecule has 0 unspecified atom stereocenters. The Balaban J connectivity index is 3.47. The second-order valence-electron chi connectivity index (χ2n) is 6.02. The predicted octanol–water partition coefficient (Wildman–Crippen LogP) is 5.47. The van der Waals surface area contributed by atoms with Gasteiger partial charge in [-0.05, 0) is 29.6 Å². The Bertz CT molecular complexity index is 358. The first-order chi connectivity index (χ1) is 7.74. The molecule has 0 aliphatic carbocycles. The van der Waals surface area contributed by atoms with E-state index in [1.807, 2.05) is 0 Å². The Kier molecular flexibility index (Phi) is 4.53. The number of nitrogens with zero attached hydrogens (tertiary/aromatic N) is 1. The Labute approximate surface area is 112 Å². The van der Waals surface area contributed by atoms with Crippen LogP contribution in [0.15, 0.2) is 12.3 Å². The molecule has 17 heavy (non-hydrogen) atoms. The first kappa shape index (κ1) is 14.8. The van der Waals surface area contributed by atoms with Crippen molar-refractivity contribution in [2.75, 3.05) is 0 Å². The van der Waals surface area contributed by atoms with Crippen LogP contribution < -0.4 is 0 Å². The lowest BCUT2D eigenvalue weighted by Gasteiger charge is -2.44. The monoisotopic (exact) mass is 271 g/mol. The molecule has 1 nitrogen and oxygen atoms in total. The SMILES string of the molecule is Cc1cc(Cl)cn1[Si](C(C)C)(C(C)C)C(C)C. The summed E-state index contributed by atoms with van der Waals surface area (Å²) in [5.41, 5.74) is 3.46. The zero-order valence-corrected chi connectivity index (χ0v) is 14.0. The van der Waals surface area contributed by atoms with E-state index in [-0.39, 0.29) is 0 Å². The van der Waals surface area contributed by atoms with Crippen molar-refractivity contribution in [2.45, 2.75) is 65.1 Å². The first-order valence-corrected chi connectivity index (χ1v) is 9.15. The molecule has 1 heterocycles. The van der Waals surface area contributed by atoms with Crippen molar-refractivity contribution in [1.82, 2.24) is 4.23 Å². The van der Waals surface area contributed by atoms with Crippen molar-refractivity contribution in [1.29, 1.82) is 0 Å². The van der Waals surface area contributed by atoms with Crippen LogP contribution in [0.5, 0.6) is 0 Å². The van der Waals surface area contributed by atoms with E-state index in [0.717, 1.165) is 5.02 Å². The highest BCUT2D eigenvalue weighted by Crippen LogP contribution is 2.43. The highest BCUT2D eigenvalue weighted by atomic mass is 35.5. The fraction of sp³-hybridized carbons (Fsp3) is 0.714. The summed E-state index contributed by atoms with van der Waals surface area (Å²) in [5, 5.41) is 0.876. The largest absolute Gasteiger partial charge is 0.376 e. The zero-order chi connectivity index (χ0) is 13.4. The van der Waals surface area contributed by atoms with Crippen LogP contribution in [0, 0.1) is 6.92 Å². The van der Waals surface area contributed by atoms with E-state index in [9.17, 15) is 0 Å². The van der Waals surface area contributed by atoms with Gasteiger partial charge in [-0.25, -0.2) is 0 Å². The number of hydrogen-bond acceptors (Lipinski definition) is 0. The van der Waals surface area contributed by atoms with Gasteiger partial charge < -0.3 is 4.23 Å². The second kappa shape index (κ2) is 5.19. The maximum atomic E-state index is 6.19. The van der Waals surface area contributed by atoms with E-state index in [1.165, 1.54) is 5.69 Å². The van der Waals surface area contributed by atoms with E-state index in [1.54, 1.807) is 0 Å². The lowest BCUT2D eigenvalue weighted by molar-refractivity contribution is 0.758. The first-order valence-electron chi connectivity index (χ1n) is 6.59. The summed E-state index contributed by atoms with van der Waals surface area (Å²) in [4.78, 5) is 0. The lowest BCUT2D eigenvalue weighted by Crippen LogP contribution is -2.52. The normalized spacial score (nSPS) is 13.1. The third-order valence-corrected chi connectivity index (χ3v) is 11.2. The Morgan fingerprint density at radius 2 is 1.41 bits per heavy atom. The van der Waals surface area contributed by atoms with Gasteiger partial charge >= 0.3 is 0 Å². The standard InChI is InChI=1S/C14H26ClNSi/c1-10(2)17(11(3)4,12(5)6)16-9-14(15)8-13(16)7/h8-12H,1-7H3. The Morgan fingerprint density at radius 1 is 1.00 bits per heavy atom. The van der Waals surface area contributed by atoms with Crippen LogP contribution in [0.1, 0.15) is 47.2 Å². The van der Waals surface area contributed by atoms with E-state index in [4.69, 9.17) is 11.6 Å². The van der Waals surface area contributed by atoms with Crippen LogP contribution in [0.4, 0.5) is 0 Å². The van der Waals surface area contributed by atoms with Gasteiger partial charge in [0.25, 0.3) is 0 Å². The minimum absolute atomic E-state index is 0.713. The summed E-state index contributed by atoms with van der Waals surface area (Å²) < 4.78 is 2.54. The van der Waals surface area contributed by atoms with Crippen LogP contribution in [0.2, 0.25) is 21.6 Å². The molecule has 0 radical (unpaired) electrons. The van der Waals surface area contributed by atoms with E-state index >= 15 is 0 Å². The molecular weight excluding hydrogens is 246 g/mol. The van der Waals surface area contributed by atoms with Crippen LogP contribution in [-0.2, 0) is 0 Å². The van der Waals surface area contributed by atoms with E-state index in [0.29, 0.717) is 16.6 Å². The van der Waals surface area contributed by atoms with Crippen molar-refractivity contribution < 1.29 is 0 Å². The van der Waals surface area contributed by atoms with Crippen LogP contribution in [-0.4, -0.2) is 12.5 Å². The number of aromatic nitrogens is 1. The molecule has 1 aromatic heterocycles. The van der Waals surface area contributed by atoms with Crippen molar-refractivity contribution in [3.63, 3.8) is 0 Å². The molecule has 98 valence electrons. The average Bonchev–Trinajstić information content (AvgIpc) is 2.44. The minimum Gasteiger partial charge on any atom is -0.376 e. The molecule has 0 N–H and O–H groups in total. The molecule has 0 fully saturated rings. The fourth-order valence-electron chi connectivity index (χ4n) is 3.78. The van der Waals surface area contributed by atoms with Gasteiger partial charge in [0.15, 0.2) is 8.24 Å². The van der Waals surface area contributed by atoms with Gasteiger partial charge in [-0.3, -0.25) is 0 Å². The second-order valence-corrected chi connectivity index (χ2v) is 12.2. The van der Waals surface area contributed by atoms with Crippen LogP contribution in [0.3, 0.4) is 0 Å². The van der Waals surface area contributed by atoms with Gasteiger partial charge in [0.2, 0.25) is 0 Å². The third-order valence-electron chi connectivity index (χ3n) is 4.17. The van der Waals surface area contributed by atoms with Gasteiger partial charge in [0, 0.05) is 11.9 Å². The smallest absolute Gasteiger partial charge is 0.169 e. The molecule has 0 aliphatic heterocycles. The third kappa shape index (κ3) is 2.34. The summed E-state index contributed by atoms with van der Waals surface area (Å²) in [6, 6.07) is 2.09. The summed E-state index contributed by atoms with van der Waals surface area (Å²) in [7, 11) is -1.60. The summed E-state index contributed by atoms with van der Waals surface area (Å²) >= 11 is 6.19. The lowest BCUT2D eigenvalue weighted by atomic mass is 10.5. The van der Waals surface area contributed by atoms with Crippen molar-refractivity contribution in [3.05, 3.63) is 23.0 Å². The highest BCUT2D eigenvalue weighted by Gasteiger charge is 2.45. The molecule has 0 amide bonds. The molecule has 0 aromatic carbocycles. The molecule has 0 spiro atoms. The molecule has 0 aliphatic rings. The fourth-order valence-corrected chi connectivity index (χ4v) is 10.8. The molecule has 0 atom stereocenters. The molecule has 3 heteroatoms. The summed E-state index contributed by atoms with van der Waals surface area (Å²) in [6.07, 6.45) is 2.16.